The van der Waals surface area contributed by atoms with Crippen molar-refractivity contribution in [3.63, 3.8) is 0 Å². The largest absolute Gasteiger partial charge is 0.497 e. The molecule has 2 rings (SSSR count). The molecule has 0 fully saturated rings. The monoisotopic (exact) mass is 275 g/mol. The van der Waals surface area contributed by atoms with Gasteiger partial charge in [0, 0.05) is 18.2 Å². The lowest BCUT2D eigenvalue weighted by molar-refractivity contribution is 0.112. The van der Waals surface area contributed by atoms with E-state index in [1.807, 2.05) is 6.92 Å². The molecular weight excluding hydrogens is 258 g/mol. The lowest BCUT2D eigenvalue weighted by Gasteiger charge is -2.09. The summed E-state index contributed by atoms with van der Waals surface area (Å²) in [4.78, 5) is 11.3. The smallest absolute Gasteiger partial charge is 0.156 e. The van der Waals surface area contributed by atoms with E-state index in [1.165, 1.54) is 0 Å². The molecule has 0 spiro atoms. The van der Waals surface area contributed by atoms with Gasteiger partial charge in [0.05, 0.1) is 19.8 Å². The highest BCUT2D eigenvalue weighted by Gasteiger charge is 2.19. The number of aldehydes is 1. The maximum atomic E-state index is 11.3. The quantitative estimate of drug-likeness (QED) is 0.844. The number of benzene rings is 1. The third-order valence-electron chi connectivity index (χ3n) is 3.11. The molecule has 0 aliphatic heterocycles. The number of carbonyl (C=O) groups excluding carboxylic acids is 1. The van der Waals surface area contributed by atoms with E-state index in [-0.39, 0.29) is 0 Å². The van der Waals surface area contributed by atoms with Crippen molar-refractivity contribution in [3.05, 3.63) is 23.8 Å². The van der Waals surface area contributed by atoms with E-state index >= 15 is 0 Å². The SMILES string of the molecule is CCn1nc(-c2ccc(OC)cc2OC)c(C=O)c1N. The average molecular weight is 275 g/mol. The Hall–Kier alpha value is -2.50. The van der Waals surface area contributed by atoms with Crippen LogP contribution < -0.4 is 15.2 Å². The number of hydrogen-bond acceptors (Lipinski definition) is 5. The van der Waals surface area contributed by atoms with E-state index in [9.17, 15) is 4.79 Å². The summed E-state index contributed by atoms with van der Waals surface area (Å²) in [6.07, 6.45) is 0.716. The molecule has 2 aromatic rings. The van der Waals surface area contributed by atoms with Crippen LogP contribution in [0.2, 0.25) is 0 Å². The molecule has 0 unspecified atom stereocenters. The molecule has 1 heterocycles. The van der Waals surface area contributed by atoms with Crippen LogP contribution in [0.5, 0.6) is 11.5 Å². The Morgan fingerprint density at radius 1 is 1.35 bits per heavy atom. The second-order valence-corrected chi connectivity index (χ2v) is 4.15. The Balaban J connectivity index is 2.64. The van der Waals surface area contributed by atoms with E-state index in [1.54, 1.807) is 37.1 Å². The summed E-state index contributed by atoms with van der Waals surface area (Å²) in [5.74, 6) is 1.60. The maximum Gasteiger partial charge on any atom is 0.156 e. The Kier molecular flexibility index (Phi) is 3.93. The van der Waals surface area contributed by atoms with E-state index < -0.39 is 0 Å². The number of carbonyl (C=O) groups is 1. The standard InChI is InChI=1S/C14H17N3O3/c1-4-17-14(15)11(8-18)13(16-17)10-6-5-9(19-2)7-12(10)20-3/h5-8H,4,15H2,1-3H3. The molecule has 0 aliphatic rings. The van der Waals surface area contributed by atoms with E-state index in [2.05, 4.69) is 5.10 Å². The van der Waals surface area contributed by atoms with Crippen LogP contribution in [0.1, 0.15) is 17.3 Å². The molecule has 0 bridgehead atoms. The van der Waals surface area contributed by atoms with Gasteiger partial charge in [0.15, 0.2) is 6.29 Å². The van der Waals surface area contributed by atoms with E-state index in [0.29, 0.717) is 47.0 Å². The highest BCUT2D eigenvalue weighted by atomic mass is 16.5. The lowest BCUT2D eigenvalue weighted by Crippen LogP contribution is -2.02. The number of rotatable bonds is 5. The van der Waals surface area contributed by atoms with Crippen LogP contribution in [0.3, 0.4) is 0 Å². The zero-order chi connectivity index (χ0) is 14.7. The van der Waals surface area contributed by atoms with Crippen molar-refractivity contribution in [2.45, 2.75) is 13.5 Å². The molecule has 0 saturated carbocycles. The number of methoxy groups -OCH3 is 2. The number of aromatic nitrogens is 2. The van der Waals surface area contributed by atoms with Gasteiger partial charge in [0.25, 0.3) is 0 Å². The Bertz CT molecular complexity index is 635. The van der Waals surface area contributed by atoms with Gasteiger partial charge >= 0.3 is 0 Å². The Labute approximate surface area is 117 Å². The minimum atomic E-state index is 0.357. The molecule has 1 aromatic heterocycles. The summed E-state index contributed by atoms with van der Waals surface area (Å²) in [6, 6.07) is 5.32. The first-order chi connectivity index (χ1) is 9.65. The molecule has 0 radical (unpaired) electrons. The fraction of sp³-hybridized carbons (Fsp3) is 0.286. The number of nitrogen functional groups attached to an aromatic ring is 1. The van der Waals surface area contributed by atoms with Gasteiger partial charge in [-0.1, -0.05) is 0 Å². The molecule has 20 heavy (non-hydrogen) atoms. The number of nitrogens with zero attached hydrogens (tertiary/aromatic N) is 2. The number of hydrogen-bond donors (Lipinski definition) is 1. The van der Waals surface area contributed by atoms with Gasteiger partial charge < -0.3 is 15.2 Å². The molecule has 2 N–H and O–H groups in total. The molecule has 0 saturated heterocycles. The van der Waals surface area contributed by atoms with Crippen molar-refractivity contribution in [2.75, 3.05) is 20.0 Å². The van der Waals surface area contributed by atoms with Crippen molar-refractivity contribution in [3.8, 4) is 22.8 Å². The summed E-state index contributed by atoms with van der Waals surface area (Å²) in [7, 11) is 3.13. The fourth-order valence-electron chi connectivity index (χ4n) is 2.04. The number of ether oxygens (including phenoxy) is 2. The first kappa shape index (κ1) is 13.9. The first-order valence-electron chi connectivity index (χ1n) is 6.20. The molecule has 6 nitrogen and oxygen atoms in total. The summed E-state index contributed by atoms with van der Waals surface area (Å²) in [5.41, 5.74) is 7.50. The second kappa shape index (κ2) is 5.64. The minimum Gasteiger partial charge on any atom is -0.497 e. The van der Waals surface area contributed by atoms with E-state index in [0.717, 1.165) is 0 Å². The number of nitrogens with two attached hydrogens (primary N) is 1. The predicted octanol–water partition coefficient (Wildman–Crippen LogP) is 1.98. The van der Waals surface area contributed by atoms with E-state index in [4.69, 9.17) is 15.2 Å². The van der Waals surface area contributed by atoms with Crippen LogP contribution in [0.15, 0.2) is 18.2 Å². The van der Waals surface area contributed by atoms with Crippen LogP contribution in [0.4, 0.5) is 5.82 Å². The van der Waals surface area contributed by atoms with Crippen molar-refractivity contribution >= 4 is 12.1 Å². The summed E-state index contributed by atoms with van der Waals surface area (Å²) >= 11 is 0. The Morgan fingerprint density at radius 2 is 2.10 bits per heavy atom. The topological polar surface area (TPSA) is 79.4 Å². The minimum absolute atomic E-state index is 0.357. The molecule has 6 heteroatoms. The molecule has 1 aromatic carbocycles. The van der Waals surface area contributed by atoms with Gasteiger partial charge in [-0.05, 0) is 19.1 Å². The summed E-state index contributed by atoms with van der Waals surface area (Å²) in [5, 5.41) is 4.37. The van der Waals surface area contributed by atoms with Gasteiger partial charge in [-0.3, -0.25) is 4.79 Å². The zero-order valence-corrected chi connectivity index (χ0v) is 11.7. The Morgan fingerprint density at radius 3 is 2.65 bits per heavy atom. The van der Waals surface area contributed by atoms with Gasteiger partial charge in [-0.25, -0.2) is 4.68 Å². The van der Waals surface area contributed by atoms with Gasteiger partial charge in [0.1, 0.15) is 23.0 Å². The predicted molar refractivity (Wildman–Crippen MR) is 76.2 cm³/mol. The fourth-order valence-corrected chi connectivity index (χ4v) is 2.04. The summed E-state index contributed by atoms with van der Waals surface area (Å²) in [6.45, 7) is 2.50. The van der Waals surface area contributed by atoms with Crippen LogP contribution in [0.25, 0.3) is 11.3 Å². The van der Waals surface area contributed by atoms with Crippen LogP contribution >= 0.6 is 0 Å². The molecule has 106 valence electrons. The first-order valence-corrected chi connectivity index (χ1v) is 6.20. The highest BCUT2D eigenvalue weighted by molar-refractivity contribution is 5.92. The lowest BCUT2D eigenvalue weighted by atomic mass is 10.1. The average Bonchev–Trinajstić information content (AvgIpc) is 2.82. The molecule has 0 amide bonds. The van der Waals surface area contributed by atoms with Gasteiger partial charge in [-0.2, -0.15) is 5.10 Å². The second-order valence-electron chi connectivity index (χ2n) is 4.15. The molecule has 0 atom stereocenters. The number of anilines is 1. The maximum absolute atomic E-state index is 11.3. The van der Waals surface area contributed by atoms with Gasteiger partial charge in [0.2, 0.25) is 0 Å². The van der Waals surface area contributed by atoms with Crippen molar-refractivity contribution < 1.29 is 14.3 Å². The number of aryl methyl sites for hydroxylation is 1. The third kappa shape index (κ3) is 2.20. The molecular formula is C14H17N3O3. The van der Waals surface area contributed by atoms with Crippen LogP contribution in [-0.4, -0.2) is 30.3 Å². The molecule has 0 aliphatic carbocycles. The highest BCUT2D eigenvalue weighted by Crippen LogP contribution is 2.35. The normalized spacial score (nSPS) is 10.3. The van der Waals surface area contributed by atoms with Gasteiger partial charge in [-0.15, -0.1) is 0 Å². The third-order valence-corrected chi connectivity index (χ3v) is 3.11. The summed E-state index contributed by atoms with van der Waals surface area (Å²) < 4.78 is 12.1. The van der Waals surface area contributed by atoms with Crippen molar-refractivity contribution in [1.82, 2.24) is 9.78 Å². The van der Waals surface area contributed by atoms with Crippen LogP contribution in [-0.2, 0) is 6.54 Å². The van der Waals surface area contributed by atoms with Crippen molar-refractivity contribution in [2.24, 2.45) is 0 Å². The zero-order valence-electron chi connectivity index (χ0n) is 11.7. The van der Waals surface area contributed by atoms with Crippen molar-refractivity contribution in [1.29, 1.82) is 0 Å². The van der Waals surface area contributed by atoms with Crippen LogP contribution in [0, 0.1) is 0 Å².